The molecule has 1 aromatic heterocycles. The number of benzene rings is 3. The van der Waals surface area contributed by atoms with Crippen LogP contribution in [0.25, 0.3) is 21.7 Å². The minimum atomic E-state index is 0.183. The number of para-hydroxylation sites is 1. The number of hydrogen-bond donors (Lipinski definition) is 1. The Kier molecular flexibility index (Phi) is 5.34. The van der Waals surface area contributed by atoms with Crippen molar-refractivity contribution >= 4 is 21.7 Å². The average Bonchev–Trinajstić information content (AvgIpc) is 2.67. The molecule has 0 fully saturated rings. The van der Waals surface area contributed by atoms with Crippen molar-refractivity contribution < 1.29 is 0 Å². The molecule has 0 amide bonds. The first-order chi connectivity index (χ1) is 12.5. The molecule has 0 aliphatic rings. The van der Waals surface area contributed by atoms with Gasteiger partial charge in [0.25, 0.3) is 0 Å². The van der Waals surface area contributed by atoms with Crippen LogP contribution < -0.4 is 5.73 Å². The Morgan fingerprint density at radius 1 is 0.769 bits per heavy atom. The zero-order chi connectivity index (χ0) is 18.6. The summed E-state index contributed by atoms with van der Waals surface area (Å²) < 4.78 is 0. The maximum atomic E-state index is 5.62. The molecule has 0 unspecified atom stereocenters. The number of fused-ring (bicyclic) bond motifs is 2. The van der Waals surface area contributed by atoms with Gasteiger partial charge in [-0.05, 0) is 39.4 Å². The van der Waals surface area contributed by atoms with Gasteiger partial charge in [-0.1, -0.05) is 81.4 Å². The lowest BCUT2D eigenvalue weighted by Gasteiger charge is -2.20. The zero-order valence-electron chi connectivity index (χ0n) is 15.7. The van der Waals surface area contributed by atoms with E-state index in [2.05, 4.69) is 74.3 Å². The molecule has 4 aromatic rings. The van der Waals surface area contributed by atoms with E-state index in [1.807, 2.05) is 30.5 Å². The third kappa shape index (κ3) is 3.92. The number of rotatable bonds is 1. The molecule has 0 aliphatic carbocycles. The first kappa shape index (κ1) is 18.1. The van der Waals surface area contributed by atoms with E-state index in [1.54, 1.807) is 0 Å². The van der Waals surface area contributed by atoms with Crippen molar-refractivity contribution in [3.63, 3.8) is 0 Å². The summed E-state index contributed by atoms with van der Waals surface area (Å²) in [6.45, 7) is 7.31. The monoisotopic (exact) mass is 342 g/mol. The van der Waals surface area contributed by atoms with Gasteiger partial charge in [0, 0.05) is 18.1 Å². The predicted octanol–water partition coefficient (Wildman–Crippen LogP) is 5.83. The highest BCUT2D eigenvalue weighted by molar-refractivity contribution is 5.85. The van der Waals surface area contributed by atoms with Gasteiger partial charge in [0.1, 0.15) is 0 Å². The molecule has 4 rings (SSSR count). The van der Waals surface area contributed by atoms with Gasteiger partial charge in [0.05, 0.1) is 5.52 Å². The Bertz CT molecular complexity index is 1000. The van der Waals surface area contributed by atoms with Crippen molar-refractivity contribution in [1.29, 1.82) is 0 Å². The molecule has 0 aliphatic heterocycles. The Hall–Kier alpha value is -2.71. The molecule has 0 saturated heterocycles. The van der Waals surface area contributed by atoms with Crippen LogP contribution in [-0.4, -0.2) is 4.98 Å². The minimum Gasteiger partial charge on any atom is -0.326 e. The van der Waals surface area contributed by atoms with Crippen LogP contribution in [-0.2, 0) is 12.0 Å². The minimum absolute atomic E-state index is 0.183. The summed E-state index contributed by atoms with van der Waals surface area (Å²) in [5.41, 5.74) is 9.46. The fourth-order valence-electron chi connectivity index (χ4n) is 3.22. The van der Waals surface area contributed by atoms with Crippen LogP contribution in [0.1, 0.15) is 31.9 Å². The summed E-state index contributed by atoms with van der Waals surface area (Å²) in [6, 6.07) is 24.9. The molecule has 2 nitrogen and oxygen atoms in total. The van der Waals surface area contributed by atoms with Gasteiger partial charge >= 0.3 is 0 Å². The molecule has 0 atom stereocenters. The lowest BCUT2D eigenvalue weighted by molar-refractivity contribution is 0.595. The first-order valence-corrected chi connectivity index (χ1v) is 9.01. The van der Waals surface area contributed by atoms with Gasteiger partial charge in [0.2, 0.25) is 0 Å². The van der Waals surface area contributed by atoms with Crippen LogP contribution in [0.15, 0.2) is 79.0 Å². The van der Waals surface area contributed by atoms with Gasteiger partial charge in [-0.15, -0.1) is 0 Å². The highest BCUT2D eigenvalue weighted by Gasteiger charge is 2.16. The summed E-state index contributed by atoms with van der Waals surface area (Å²) in [7, 11) is 0. The molecule has 0 saturated carbocycles. The van der Waals surface area contributed by atoms with Crippen molar-refractivity contribution in [2.75, 3.05) is 0 Å². The van der Waals surface area contributed by atoms with Gasteiger partial charge in [0.15, 0.2) is 0 Å². The predicted molar refractivity (Wildman–Crippen MR) is 112 cm³/mol. The quantitative estimate of drug-likeness (QED) is 0.472. The second kappa shape index (κ2) is 7.67. The van der Waals surface area contributed by atoms with E-state index in [-0.39, 0.29) is 5.41 Å². The Morgan fingerprint density at radius 3 is 2.15 bits per heavy atom. The number of nitrogens with zero attached hydrogens (tertiary/aromatic N) is 1. The molecular weight excluding hydrogens is 316 g/mol. The van der Waals surface area contributed by atoms with Crippen LogP contribution in [0.3, 0.4) is 0 Å². The Morgan fingerprint density at radius 2 is 1.42 bits per heavy atom. The van der Waals surface area contributed by atoms with Crippen molar-refractivity contribution in [3.8, 4) is 0 Å². The number of pyridine rings is 1. The second-order valence-electron chi connectivity index (χ2n) is 7.47. The van der Waals surface area contributed by atoms with Crippen molar-refractivity contribution in [2.24, 2.45) is 5.73 Å². The molecule has 2 N–H and O–H groups in total. The maximum absolute atomic E-state index is 5.62. The number of hydrogen-bond acceptors (Lipinski definition) is 2. The normalized spacial score (nSPS) is 11.2. The van der Waals surface area contributed by atoms with E-state index in [9.17, 15) is 0 Å². The third-order valence-corrected chi connectivity index (χ3v) is 4.56. The second-order valence-corrected chi connectivity index (χ2v) is 7.47. The average molecular weight is 342 g/mol. The summed E-state index contributed by atoms with van der Waals surface area (Å²) >= 11 is 0. The van der Waals surface area contributed by atoms with Gasteiger partial charge < -0.3 is 5.73 Å². The Labute approximate surface area is 155 Å². The molecule has 2 heteroatoms. The highest BCUT2D eigenvalue weighted by atomic mass is 14.6. The fourth-order valence-corrected chi connectivity index (χ4v) is 3.22. The smallest absolute Gasteiger partial charge is 0.0704 e. The van der Waals surface area contributed by atoms with Crippen LogP contribution in [0.4, 0.5) is 0 Å². The van der Waals surface area contributed by atoms with E-state index >= 15 is 0 Å². The van der Waals surface area contributed by atoms with E-state index in [4.69, 9.17) is 5.73 Å². The van der Waals surface area contributed by atoms with E-state index in [0.29, 0.717) is 6.54 Å². The largest absolute Gasteiger partial charge is 0.326 e. The van der Waals surface area contributed by atoms with Crippen LogP contribution in [0.2, 0.25) is 0 Å². The summed E-state index contributed by atoms with van der Waals surface area (Å²) in [5.74, 6) is 0. The summed E-state index contributed by atoms with van der Waals surface area (Å²) in [5, 5.41) is 3.80. The molecule has 0 spiro atoms. The van der Waals surface area contributed by atoms with Gasteiger partial charge in [-0.25, -0.2) is 0 Å². The zero-order valence-corrected chi connectivity index (χ0v) is 15.7. The lowest BCUT2D eigenvalue weighted by atomic mass is 9.85. The standard InChI is InChI=1S/C13H15N.C11H11N/c1-13(2,3)11-8-9-14-12-7-5-4-6-10(11)12;12-8-10-6-3-5-9-4-1-2-7-11(9)10/h4-9H,1-3H3;1-7H,8,12H2. The van der Waals surface area contributed by atoms with Crippen molar-refractivity contribution in [2.45, 2.75) is 32.7 Å². The molecule has 0 bridgehead atoms. The molecule has 26 heavy (non-hydrogen) atoms. The molecular formula is C24H26N2. The third-order valence-electron chi connectivity index (χ3n) is 4.56. The van der Waals surface area contributed by atoms with E-state index < -0.39 is 0 Å². The number of nitrogens with two attached hydrogens (primary N) is 1. The summed E-state index contributed by atoms with van der Waals surface area (Å²) in [4.78, 5) is 4.36. The first-order valence-electron chi connectivity index (χ1n) is 9.01. The van der Waals surface area contributed by atoms with E-state index in [1.165, 1.54) is 27.3 Å². The van der Waals surface area contributed by atoms with Gasteiger partial charge in [-0.3, -0.25) is 4.98 Å². The molecule has 0 radical (unpaired) electrons. The van der Waals surface area contributed by atoms with Crippen LogP contribution in [0.5, 0.6) is 0 Å². The molecule has 3 aromatic carbocycles. The van der Waals surface area contributed by atoms with Crippen molar-refractivity contribution in [1.82, 2.24) is 4.98 Å². The SMILES string of the molecule is CC(C)(C)c1ccnc2ccccc12.NCc1cccc2ccccc12. The fraction of sp³-hybridized carbons (Fsp3) is 0.208. The molecule has 132 valence electrons. The highest BCUT2D eigenvalue weighted by Crippen LogP contribution is 2.28. The van der Waals surface area contributed by atoms with Crippen molar-refractivity contribution in [3.05, 3.63) is 90.1 Å². The van der Waals surface area contributed by atoms with Crippen LogP contribution >= 0.6 is 0 Å². The number of aromatic nitrogens is 1. The van der Waals surface area contributed by atoms with Crippen LogP contribution in [0, 0.1) is 0 Å². The maximum Gasteiger partial charge on any atom is 0.0704 e. The summed E-state index contributed by atoms with van der Waals surface area (Å²) in [6.07, 6.45) is 1.89. The van der Waals surface area contributed by atoms with E-state index in [0.717, 1.165) is 5.52 Å². The Balaban J connectivity index is 0.000000152. The topological polar surface area (TPSA) is 38.9 Å². The lowest BCUT2D eigenvalue weighted by Crippen LogP contribution is -2.11. The van der Waals surface area contributed by atoms with Gasteiger partial charge in [-0.2, -0.15) is 0 Å². The molecule has 1 heterocycles.